The van der Waals surface area contributed by atoms with E-state index in [1.807, 2.05) is 0 Å². The topological polar surface area (TPSA) is 58.6 Å². The van der Waals surface area contributed by atoms with Crippen molar-refractivity contribution in [3.8, 4) is 5.75 Å². The van der Waals surface area contributed by atoms with Crippen LogP contribution in [0.1, 0.15) is 18.6 Å². The Kier molecular flexibility index (Phi) is 5.68. The molecule has 0 heterocycles. The standard InChI is InChI=1S/C13H16ClNO3/c1-3-6-15-13(17)8-18-12-5-4-10(14)7-11(12)9(2)16/h3-5,7,9,16H,1,6,8H2,2H3,(H,15,17)/t9-/m0/s1. The van der Waals surface area contributed by atoms with Crippen LogP contribution in [-0.2, 0) is 4.79 Å². The molecule has 0 spiro atoms. The molecule has 0 bridgehead atoms. The van der Waals surface area contributed by atoms with Crippen molar-refractivity contribution in [1.29, 1.82) is 0 Å². The lowest BCUT2D eigenvalue weighted by atomic mass is 10.1. The number of carbonyl (C=O) groups is 1. The SMILES string of the molecule is C=CCNC(=O)COc1ccc(Cl)cc1[C@H](C)O. The average molecular weight is 270 g/mol. The lowest BCUT2D eigenvalue weighted by Gasteiger charge is -2.13. The summed E-state index contributed by atoms with van der Waals surface area (Å²) >= 11 is 5.84. The molecule has 1 rings (SSSR count). The monoisotopic (exact) mass is 269 g/mol. The predicted molar refractivity (Wildman–Crippen MR) is 70.8 cm³/mol. The zero-order chi connectivity index (χ0) is 13.5. The molecule has 5 heteroatoms. The second-order valence-corrected chi connectivity index (χ2v) is 4.18. The second kappa shape index (κ2) is 7.03. The molecule has 0 unspecified atom stereocenters. The Balaban J connectivity index is 2.66. The maximum atomic E-state index is 11.4. The highest BCUT2D eigenvalue weighted by Gasteiger charge is 2.11. The van der Waals surface area contributed by atoms with Gasteiger partial charge in [-0.15, -0.1) is 6.58 Å². The van der Waals surface area contributed by atoms with E-state index in [9.17, 15) is 9.90 Å². The van der Waals surface area contributed by atoms with Crippen molar-refractivity contribution in [3.05, 3.63) is 41.4 Å². The molecule has 1 amide bonds. The van der Waals surface area contributed by atoms with Gasteiger partial charge in [-0.05, 0) is 25.1 Å². The average Bonchev–Trinajstić information content (AvgIpc) is 2.34. The van der Waals surface area contributed by atoms with Crippen molar-refractivity contribution < 1.29 is 14.6 Å². The van der Waals surface area contributed by atoms with Gasteiger partial charge in [-0.25, -0.2) is 0 Å². The van der Waals surface area contributed by atoms with Crippen molar-refractivity contribution in [1.82, 2.24) is 5.32 Å². The van der Waals surface area contributed by atoms with Gasteiger partial charge in [0, 0.05) is 17.1 Å². The molecule has 0 aliphatic heterocycles. The molecule has 1 atom stereocenters. The first-order valence-corrected chi connectivity index (χ1v) is 5.90. The fourth-order valence-corrected chi connectivity index (χ4v) is 1.54. The lowest BCUT2D eigenvalue weighted by Crippen LogP contribution is -2.29. The fourth-order valence-electron chi connectivity index (χ4n) is 1.36. The molecule has 0 aromatic heterocycles. The van der Waals surface area contributed by atoms with Gasteiger partial charge in [-0.2, -0.15) is 0 Å². The first-order chi connectivity index (χ1) is 8.54. The van der Waals surface area contributed by atoms with Gasteiger partial charge in [0.25, 0.3) is 5.91 Å². The number of benzene rings is 1. The molecular weight excluding hydrogens is 254 g/mol. The molecule has 1 aromatic carbocycles. The quantitative estimate of drug-likeness (QED) is 0.778. The van der Waals surface area contributed by atoms with Gasteiger partial charge >= 0.3 is 0 Å². The summed E-state index contributed by atoms with van der Waals surface area (Å²) in [6.45, 7) is 5.38. The summed E-state index contributed by atoms with van der Waals surface area (Å²) in [7, 11) is 0. The summed E-state index contributed by atoms with van der Waals surface area (Å²) in [5, 5.41) is 12.7. The van der Waals surface area contributed by atoms with E-state index in [2.05, 4.69) is 11.9 Å². The van der Waals surface area contributed by atoms with E-state index in [0.29, 0.717) is 22.9 Å². The normalized spacial score (nSPS) is 11.7. The van der Waals surface area contributed by atoms with Crippen molar-refractivity contribution in [2.45, 2.75) is 13.0 Å². The van der Waals surface area contributed by atoms with E-state index >= 15 is 0 Å². The number of ether oxygens (including phenoxy) is 1. The number of hydrogen-bond donors (Lipinski definition) is 2. The van der Waals surface area contributed by atoms with E-state index < -0.39 is 6.10 Å². The van der Waals surface area contributed by atoms with E-state index in [4.69, 9.17) is 16.3 Å². The molecule has 18 heavy (non-hydrogen) atoms. The van der Waals surface area contributed by atoms with Crippen molar-refractivity contribution in [3.63, 3.8) is 0 Å². The summed E-state index contributed by atoms with van der Waals surface area (Å²) in [6.07, 6.45) is 0.872. The molecular formula is C13H16ClNO3. The Morgan fingerprint density at radius 1 is 1.67 bits per heavy atom. The molecule has 2 N–H and O–H groups in total. The molecule has 0 radical (unpaired) electrons. The van der Waals surface area contributed by atoms with Crippen molar-refractivity contribution >= 4 is 17.5 Å². The van der Waals surface area contributed by atoms with Crippen LogP contribution in [0, 0.1) is 0 Å². The third kappa shape index (κ3) is 4.39. The minimum Gasteiger partial charge on any atom is -0.483 e. The summed E-state index contributed by atoms with van der Waals surface area (Å²) in [4.78, 5) is 11.4. The summed E-state index contributed by atoms with van der Waals surface area (Å²) in [5.74, 6) is 0.199. The Morgan fingerprint density at radius 3 is 3.00 bits per heavy atom. The number of aliphatic hydroxyl groups excluding tert-OH is 1. The molecule has 98 valence electrons. The van der Waals surface area contributed by atoms with Crippen molar-refractivity contribution in [2.75, 3.05) is 13.2 Å². The molecule has 0 aliphatic rings. The van der Waals surface area contributed by atoms with Crippen LogP contribution in [0.15, 0.2) is 30.9 Å². The molecule has 0 fully saturated rings. The third-order valence-corrected chi connectivity index (χ3v) is 2.46. The third-order valence-electron chi connectivity index (χ3n) is 2.22. The van der Waals surface area contributed by atoms with Crippen LogP contribution in [0.4, 0.5) is 0 Å². The van der Waals surface area contributed by atoms with Crippen LogP contribution >= 0.6 is 11.6 Å². The number of aliphatic hydroxyl groups is 1. The van der Waals surface area contributed by atoms with Crippen LogP contribution in [0.2, 0.25) is 5.02 Å². The maximum absolute atomic E-state index is 11.4. The number of hydrogen-bond acceptors (Lipinski definition) is 3. The van der Waals surface area contributed by atoms with Crippen molar-refractivity contribution in [2.24, 2.45) is 0 Å². The van der Waals surface area contributed by atoms with E-state index in [0.717, 1.165) is 0 Å². The van der Waals surface area contributed by atoms with Crippen LogP contribution in [0.25, 0.3) is 0 Å². The van der Waals surface area contributed by atoms with Crippen LogP contribution in [0.5, 0.6) is 5.75 Å². The van der Waals surface area contributed by atoms with Gasteiger partial charge in [-0.1, -0.05) is 17.7 Å². The first-order valence-electron chi connectivity index (χ1n) is 5.52. The van der Waals surface area contributed by atoms with Gasteiger partial charge in [0.1, 0.15) is 5.75 Å². The van der Waals surface area contributed by atoms with Gasteiger partial charge in [-0.3, -0.25) is 4.79 Å². The highest BCUT2D eigenvalue weighted by molar-refractivity contribution is 6.30. The Morgan fingerprint density at radius 2 is 2.39 bits per heavy atom. The van der Waals surface area contributed by atoms with Crippen LogP contribution in [-0.4, -0.2) is 24.2 Å². The number of halogens is 1. The highest BCUT2D eigenvalue weighted by atomic mass is 35.5. The number of amides is 1. The Labute approximate surface area is 111 Å². The van der Waals surface area contributed by atoms with Crippen LogP contribution in [0.3, 0.4) is 0 Å². The summed E-state index contributed by atoms with van der Waals surface area (Å²) in [5.41, 5.74) is 0.555. The minimum absolute atomic E-state index is 0.116. The second-order valence-electron chi connectivity index (χ2n) is 3.74. The van der Waals surface area contributed by atoms with Gasteiger partial charge in [0.2, 0.25) is 0 Å². The maximum Gasteiger partial charge on any atom is 0.258 e. The molecule has 0 aliphatic carbocycles. The number of rotatable bonds is 6. The molecule has 4 nitrogen and oxygen atoms in total. The first kappa shape index (κ1) is 14.5. The van der Waals surface area contributed by atoms with Gasteiger partial charge < -0.3 is 15.2 Å². The highest BCUT2D eigenvalue weighted by Crippen LogP contribution is 2.28. The molecule has 1 aromatic rings. The van der Waals surface area contributed by atoms with E-state index in [1.54, 1.807) is 31.2 Å². The van der Waals surface area contributed by atoms with Gasteiger partial charge in [0.05, 0.1) is 6.10 Å². The molecule has 0 saturated carbocycles. The Bertz CT molecular complexity index is 432. The largest absolute Gasteiger partial charge is 0.483 e. The van der Waals surface area contributed by atoms with Gasteiger partial charge in [0.15, 0.2) is 6.61 Å². The zero-order valence-corrected chi connectivity index (χ0v) is 10.9. The number of carbonyl (C=O) groups excluding carboxylic acids is 1. The predicted octanol–water partition coefficient (Wildman–Crippen LogP) is 2.07. The lowest BCUT2D eigenvalue weighted by molar-refractivity contribution is -0.122. The van der Waals surface area contributed by atoms with E-state index in [1.165, 1.54) is 0 Å². The summed E-state index contributed by atoms with van der Waals surface area (Å²) < 4.78 is 5.35. The van der Waals surface area contributed by atoms with E-state index in [-0.39, 0.29) is 12.5 Å². The summed E-state index contributed by atoms with van der Waals surface area (Å²) in [6, 6.07) is 4.89. The molecule has 0 saturated heterocycles. The number of nitrogens with one attached hydrogen (secondary N) is 1. The smallest absolute Gasteiger partial charge is 0.258 e. The minimum atomic E-state index is -0.713. The fraction of sp³-hybridized carbons (Fsp3) is 0.308. The Hall–Kier alpha value is -1.52. The van der Waals surface area contributed by atoms with Crippen LogP contribution < -0.4 is 10.1 Å². The zero-order valence-electron chi connectivity index (χ0n) is 10.1.